The zero-order valence-corrected chi connectivity index (χ0v) is 12.8. The van der Waals surface area contributed by atoms with Gasteiger partial charge in [0.1, 0.15) is 5.82 Å². The fourth-order valence-electron chi connectivity index (χ4n) is 1.99. The topological polar surface area (TPSA) is 29.1 Å². The molecule has 0 unspecified atom stereocenters. The minimum atomic E-state index is -0.360. The van der Waals surface area contributed by atoms with Crippen molar-refractivity contribution in [1.29, 1.82) is 0 Å². The van der Waals surface area contributed by atoms with Crippen LogP contribution in [0.4, 0.5) is 10.1 Å². The van der Waals surface area contributed by atoms with Crippen LogP contribution in [0.25, 0.3) is 0 Å². The van der Waals surface area contributed by atoms with Crippen molar-refractivity contribution in [2.24, 2.45) is 0 Å². The number of carbonyl (C=O) groups excluding carboxylic acids is 1. The molecule has 1 amide bonds. The molecule has 1 N–H and O–H groups in total. The maximum atomic E-state index is 13.2. The van der Waals surface area contributed by atoms with Gasteiger partial charge in [0.25, 0.3) is 0 Å². The average Bonchev–Trinajstić information content (AvgIpc) is 2.44. The quantitative estimate of drug-likeness (QED) is 0.874. The third-order valence-corrected chi connectivity index (χ3v) is 3.76. The second-order valence-corrected chi connectivity index (χ2v) is 5.50. The Balaban J connectivity index is 1.95. The van der Waals surface area contributed by atoms with Crippen LogP contribution < -0.4 is 5.32 Å². The summed E-state index contributed by atoms with van der Waals surface area (Å²) in [7, 11) is 0. The van der Waals surface area contributed by atoms with Crippen molar-refractivity contribution in [2.45, 2.75) is 26.7 Å². The van der Waals surface area contributed by atoms with Crippen molar-refractivity contribution in [1.82, 2.24) is 0 Å². The number of rotatable bonds is 4. The summed E-state index contributed by atoms with van der Waals surface area (Å²) in [5, 5.41) is 3.44. The van der Waals surface area contributed by atoms with Crippen LogP contribution in [0.2, 0.25) is 5.02 Å². The van der Waals surface area contributed by atoms with Gasteiger partial charge >= 0.3 is 0 Å². The second kappa shape index (κ2) is 6.72. The molecule has 0 aromatic heterocycles. The third kappa shape index (κ3) is 4.30. The minimum absolute atomic E-state index is 0.139. The summed E-state index contributed by atoms with van der Waals surface area (Å²) in [5.74, 6) is -0.499. The second-order valence-electron chi connectivity index (χ2n) is 5.09. The first-order valence-corrected chi connectivity index (χ1v) is 7.14. The van der Waals surface area contributed by atoms with E-state index in [0.717, 1.165) is 16.7 Å². The van der Waals surface area contributed by atoms with Crippen LogP contribution in [0.3, 0.4) is 0 Å². The zero-order valence-electron chi connectivity index (χ0n) is 12.0. The number of halogens is 2. The molecule has 0 saturated heterocycles. The molecule has 2 rings (SSSR count). The molecule has 0 heterocycles. The molecule has 0 atom stereocenters. The molecule has 21 heavy (non-hydrogen) atoms. The van der Waals surface area contributed by atoms with Gasteiger partial charge < -0.3 is 5.32 Å². The summed E-state index contributed by atoms with van der Waals surface area (Å²) in [4.78, 5) is 11.9. The lowest BCUT2D eigenvalue weighted by Crippen LogP contribution is -2.13. The molecule has 0 radical (unpaired) electrons. The monoisotopic (exact) mass is 305 g/mol. The van der Waals surface area contributed by atoms with Gasteiger partial charge in [-0.15, -0.1) is 0 Å². The fraction of sp³-hybridized carbons (Fsp3) is 0.235. The van der Waals surface area contributed by atoms with E-state index in [4.69, 9.17) is 11.6 Å². The molecule has 2 aromatic carbocycles. The molecule has 0 fully saturated rings. The molecule has 2 aromatic rings. The Labute approximate surface area is 128 Å². The van der Waals surface area contributed by atoms with E-state index in [1.165, 1.54) is 12.1 Å². The number of carbonyl (C=O) groups is 1. The van der Waals surface area contributed by atoms with Crippen molar-refractivity contribution in [3.05, 3.63) is 63.9 Å². The summed E-state index contributed by atoms with van der Waals surface area (Å²) < 4.78 is 13.2. The molecule has 2 nitrogen and oxygen atoms in total. The summed E-state index contributed by atoms with van der Waals surface area (Å²) in [6.45, 7) is 3.76. The zero-order chi connectivity index (χ0) is 15.4. The molecule has 0 aliphatic heterocycles. The van der Waals surface area contributed by atoms with Crippen LogP contribution >= 0.6 is 11.6 Å². The number of nitrogens with one attached hydrogen (secondary N) is 1. The number of benzene rings is 2. The highest BCUT2D eigenvalue weighted by Gasteiger charge is 2.07. The predicted octanol–water partition coefficient (Wildman–Crippen LogP) is 4.67. The molecular weight excluding hydrogens is 289 g/mol. The molecule has 0 spiro atoms. The van der Waals surface area contributed by atoms with Crippen LogP contribution in [0, 0.1) is 19.7 Å². The number of hydrogen-bond donors (Lipinski definition) is 1. The number of anilines is 1. The number of amides is 1. The minimum Gasteiger partial charge on any atom is -0.326 e. The molecule has 4 heteroatoms. The van der Waals surface area contributed by atoms with E-state index in [1.807, 2.05) is 32.0 Å². The lowest BCUT2D eigenvalue weighted by molar-refractivity contribution is -0.116. The van der Waals surface area contributed by atoms with E-state index >= 15 is 0 Å². The number of aryl methyl sites for hydroxylation is 3. The Morgan fingerprint density at radius 3 is 2.57 bits per heavy atom. The summed E-state index contributed by atoms with van der Waals surface area (Å²) in [6, 6.07) is 10.1. The Morgan fingerprint density at radius 1 is 1.14 bits per heavy atom. The largest absolute Gasteiger partial charge is 0.326 e. The third-order valence-electron chi connectivity index (χ3n) is 3.35. The highest BCUT2D eigenvalue weighted by Crippen LogP contribution is 2.19. The van der Waals surface area contributed by atoms with Crippen molar-refractivity contribution < 1.29 is 9.18 Å². The van der Waals surface area contributed by atoms with Gasteiger partial charge in [-0.25, -0.2) is 4.39 Å². The Morgan fingerprint density at radius 2 is 1.86 bits per heavy atom. The smallest absolute Gasteiger partial charge is 0.224 e. The highest BCUT2D eigenvalue weighted by atomic mass is 35.5. The van der Waals surface area contributed by atoms with E-state index in [2.05, 4.69) is 5.32 Å². The van der Waals surface area contributed by atoms with E-state index < -0.39 is 0 Å². The highest BCUT2D eigenvalue weighted by molar-refractivity contribution is 6.31. The maximum Gasteiger partial charge on any atom is 0.224 e. The Kier molecular flexibility index (Phi) is 4.97. The SMILES string of the molecule is Cc1ccc(CCC(=O)Nc2cc(F)ccc2C)cc1Cl. The van der Waals surface area contributed by atoms with Gasteiger partial charge in [-0.2, -0.15) is 0 Å². The lowest BCUT2D eigenvalue weighted by Gasteiger charge is -2.09. The van der Waals surface area contributed by atoms with Gasteiger partial charge in [0.2, 0.25) is 5.91 Å². The Bertz CT molecular complexity index is 670. The average molecular weight is 306 g/mol. The molecule has 110 valence electrons. The summed E-state index contributed by atoms with van der Waals surface area (Å²) in [6.07, 6.45) is 0.926. The molecule has 0 aliphatic rings. The van der Waals surface area contributed by atoms with E-state index in [9.17, 15) is 9.18 Å². The lowest BCUT2D eigenvalue weighted by atomic mass is 10.1. The Hall–Kier alpha value is -1.87. The van der Waals surface area contributed by atoms with Crippen molar-refractivity contribution in [3.8, 4) is 0 Å². The van der Waals surface area contributed by atoms with Crippen LogP contribution in [0.1, 0.15) is 23.1 Å². The van der Waals surface area contributed by atoms with Crippen LogP contribution in [-0.2, 0) is 11.2 Å². The van der Waals surface area contributed by atoms with Gasteiger partial charge in [-0.1, -0.05) is 29.8 Å². The van der Waals surface area contributed by atoms with Gasteiger partial charge in [0.05, 0.1) is 0 Å². The first-order chi connectivity index (χ1) is 9.95. The standard InChI is InChI=1S/C17H17ClFNO/c1-11-3-5-13(9-15(11)18)6-8-17(21)20-16-10-14(19)7-4-12(16)2/h3-5,7,9-10H,6,8H2,1-2H3,(H,20,21). The van der Waals surface area contributed by atoms with Gasteiger partial charge in [-0.3, -0.25) is 4.79 Å². The predicted molar refractivity (Wildman–Crippen MR) is 84.3 cm³/mol. The van der Waals surface area contributed by atoms with Crippen molar-refractivity contribution in [2.75, 3.05) is 5.32 Å². The van der Waals surface area contributed by atoms with Crippen LogP contribution in [-0.4, -0.2) is 5.91 Å². The van der Waals surface area contributed by atoms with E-state index in [-0.39, 0.29) is 11.7 Å². The maximum absolute atomic E-state index is 13.2. The fourth-order valence-corrected chi connectivity index (χ4v) is 2.19. The first kappa shape index (κ1) is 15.5. The molecular formula is C17H17ClFNO. The molecule has 0 bridgehead atoms. The van der Waals surface area contributed by atoms with Crippen molar-refractivity contribution >= 4 is 23.2 Å². The molecule has 0 aliphatic carbocycles. The molecule has 0 saturated carbocycles. The van der Waals surface area contributed by atoms with Crippen LogP contribution in [0.5, 0.6) is 0 Å². The van der Waals surface area contributed by atoms with Gasteiger partial charge in [-0.05, 0) is 55.2 Å². The summed E-state index contributed by atoms with van der Waals surface area (Å²) >= 11 is 6.05. The number of hydrogen-bond acceptors (Lipinski definition) is 1. The van der Waals surface area contributed by atoms with Gasteiger partial charge in [0.15, 0.2) is 0 Å². The van der Waals surface area contributed by atoms with Gasteiger partial charge in [0, 0.05) is 17.1 Å². The van der Waals surface area contributed by atoms with Crippen LogP contribution in [0.15, 0.2) is 36.4 Å². The van der Waals surface area contributed by atoms with E-state index in [1.54, 1.807) is 6.07 Å². The first-order valence-electron chi connectivity index (χ1n) is 6.77. The normalized spacial score (nSPS) is 10.5. The summed E-state index contributed by atoms with van der Waals surface area (Å²) in [5.41, 5.74) is 3.38. The van der Waals surface area contributed by atoms with E-state index in [0.29, 0.717) is 23.6 Å². The van der Waals surface area contributed by atoms with Crippen molar-refractivity contribution in [3.63, 3.8) is 0 Å².